The van der Waals surface area contributed by atoms with Crippen molar-refractivity contribution in [1.29, 1.82) is 0 Å². The first-order chi connectivity index (χ1) is 48.8. The van der Waals surface area contributed by atoms with Gasteiger partial charge in [0.15, 0.2) is 17.1 Å². The molecule has 12 rings (SSSR count). The summed E-state index contributed by atoms with van der Waals surface area (Å²) >= 11 is 0. The van der Waals surface area contributed by atoms with Crippen LogP contribution in [-0.4, -0.2) is 7.32 Å². The van der Waals surface area contributed by atoms with E-state index in [-0.39, 0.29) is 0 Å². The van der Waals surface area contributed by atoms with Crippen molar-refractivity contribution in [3.05, 3.63) is 358 Å². The first-order valence-corrected chi connectivity index (χ1v) is 36.4. The van der Waals surface area contributed by atoms with Gasteiger partial charge in [-0.3, -0.25) is 7.32 Å². The second-order valence-electron chi connectivity index (χ2n) is 25.4. The highest BCUT2D eigenvalue weighted by Gasteiger charge is 2.45. The van der Waals surface area contributed by atoms with Crippen molar-refractivity contribution in [1.82, 2.24) is 13.4 Å². The van der Waals surface area contributed by atoms with Crippen molar-refractivity contribution >= 4 is 75.6 Å². The van der Waals surface area contributed by atoms with Crippen molar-refractivity contribution < 1.29 is 15.1 Å². The predicted molar refractivity (Wildman–Crippen MR) is 424 cm³/mol. The van der Waals surface area contributed by atoms with Gasteiger partial charge in [-0.2, -0.15) is 13.4 Å². The third kappa shape index (κ3) is 15.0. The lowest BCUT2D eigenvalue weighted by Gasteiger charge is -2.39. The molecule has 0 unspecified atom stereocenters. The Morgan fingerprint density at radius 3 is 0.450 bits per heavy atom. The molecule has 0 aromatic heterocycles. The number of aryl methyl sites for hydroxylation is 3. The van der Waals surface area contributed by atoms with Crippen LogP contribution >= 0.6 is 0 Å². The first kappa shape index (κ1) is 74.7. The van der Waals surface area contributed by atoms with Crippen LogP contribution in [-0.2, 0) is 57.8 Å². The van der Waals surface area contributed by atoms with Gasteiger partial charge >= 0.3 is 0 Å². The fourth-order valence-electron chi connectivity index (χ4n) is 16.0. The molecule has 7 heteroatoms. The molecule has 0 heterocycles. The largest absolute Gasteiger partial charge is 0.907 e. The van der Waals surface area contributed by atoms with Crippen molar-refractivity contribution in [2.24, 2.45) is 0 Å². The summed E-state index contributed by atoms with van der Waals surface area (Å²) in [6.45, 7) is 27.6. The number of para-hydroxylation sites is 9. The van der Waals surface area contributed by atoms with E-state index in [9.17, 15) is 0 Å². The van der Waals surface area contributed by atoms with Gasteiger partial charge in [-0.25, -0.2) is 0 Å². The molecule has 12 aromatic carbocycles. The molecule has 0 atom stereocenters. The highest BCUT2D eigenvalue weighted by Crippen LogP contribution is 2.57. The van der Waals surface area contributed by atoms with Crippen LogP contribution in [0.4, 0.5) is 68.2 Å². The second-order valence-corrected chi connectivity index (χ2v) is 25.4. The molecule has 0 amide bonds. The monoisotopic (exact) mass is 1320 g/mol. The van der Waals surface area contributed by atoms with Gasteiger partial charge in [-0.05, 0) is 129 Å². The van der Waals surface area contributed by atoms with Crippen LogP contribution in [0.25, 0.3) is 0 Å². The molecular formula is C93H102BN3O3. The van der Waals surface area contributed by atoms with Gasteiger partial charge in [0.1, 0.15) is 51.2 Å². The third-order valence-corrected chi connectivity index (χ3v) is 20.3. The Labute approximate surface area is 599 Å². The lowest BCUT2D eigenvalue weighted by Crippen LogP contribution is -2.56. The average Bonchev–Trinajstić information content (AvgIpc) is 0.737. The molecular weight excluding hydrogens is 1220 g/mol. The first-order valence-electron chi connectivity index (χ1n) is 36.4. The maximum absolute atomic E-state index is 8.42. The van der Waals surface area contributed by atoms with E-state index in [1.54, 1.807) is 0 Å². The number of quaternary nitrogens is 3. The van der Waals surface area contributed by atoms with Crippen molar-refractivity contribution in [2.75, 3.05) is 0 Å². The third-order valence-electron chi connectivity index (χ3n) is 20.3. The second kappa shape index (κ2) is 35.5. The Hall–Kier alpha value is -9.54. The minimum Gasteiger partial charge on any atom is -0.907 e. The molecule has 100 heavy (non-hydrogen) atoms. The van der Waals surface area contributed by atoms with Crippen LogP contribution in [0, 0.1) is 20.8 Å². The standard InChI is InChI=1S/3C31H34N.BO3/c3*1-5-25-23-31(24(4)29(6-2)30(25)7-3)32(26-17-11-8-12-18-26,27-19-13-9-14-20-27)28-21-15-10-16-22-28;2-1(3)4/h3*8-23H,5-7H2,1-4H3;/q3*+1;-3. The lowest BCUT2D eigenvalue weighted by atomic mass is 9.88. The van der Waals surface area contributed by atoms with Crippen molar-refractivity contribution in [3.8, 4) is 0 Å². The highest BCUT2D eigenvalue weighted by molar-refractivity contribution is 6.24. The Morgan fingerprint density at radius 2 is 0.340 bits per heavy atom. The molecule has 0 saturated carbocycles. The number of nitrogens with zero attached hydrogens (tertiary/aromatic N) is 3. The summed E-state index contributed by atoms with van der Waals surface area (Å²) in [5, 5.41) is 25.2. The summed E-state index contributed by atoms with van der Waals surface area (Å²) in [7, 11) is -2.92. The molecule has 6 nitrogen and oxygen atoms in total. The van der Waals surface area contributed by atoms with Gasteiger partial charge < -0.3 is 15.1 Å². The van der Waals surface area contributed by atoms with Crippen LogP contribution in [0.3, 0.4) is 0 Å². The minimum atomic E-state index is -2.92. The molecule has 0 bridgehead atoms. The molecule has 0 saturated heterocycles. The SMILES string of the molecule is CCc1cc([N+](c2ccccc2)(c2ccccc2)c2ccccc2)c(C)c(CC)c1CC.CCc1cc([N+](c2ccccc2)(c2ccccc2)c2ccccc2)c(C)c(CC)c1CC.CCc1cc([N+](c2ccccc2)(c2ccccc2)c2ccccc2)c(C)c(CC)c1CC.[O-]B([O-])[O-]. The van der Waals surface area contributed by atoms with E-state index in [2.05, 4.69) is 374 Å². The molecule has 510 valence electrons. The fraction of sp³-hybridized carbons (Fsp3) is 0.226. The summed E-state index contributed by atoms with van der Waals surface area (Å²) in [5.74, 6) is 0. The quantitative estimate of drug-likeness (QED) is 0.0532. The molecule has 0 aliphatic heterocycles. The van der Waals surface area contributed by atoms with Crippen LogP contribution < -0.4 is 28.5 Å². The van der Waals surface area contributed by atoms with Crippen LogP contribution in [0.5, 0.6) is 0 Å². The summed E-state index contributed by atoms with van der Waals surface area (Å²) in [6, 6.07) is 106. The van der Waals surface area contributed by atoms with Crippen molar-refractivity contribution in [3.63, 3.8) is 0 Å². The minimum absolute atomic E-state index is 0.582. The zero-order valence-corrected chi connectivity index (χ0v) is 61.2. The zero-order chi connectivity index (χ0) is 71.2. The van der Waals surface area contributed by atoms with Crippen LogP contribution in [0.15, 0.2) is 291 Å². The summed E-state index contributed by atoms with van der Waals surface area (Å²) < 4.78 is 1.75. The molecule has 12 aromatic rings. The number of benzene rings is 12. The molecule has 0 N–H and O–H groups in total. The number of hydrogen-bond donors (Lipinski definition) is 0. The maximum Gasteiger partial charge on any atom is 0.151 e. The Morgan fingerprint density at radius 1 is 0.210 bits per heavy atom. The fourth-order valence-corrected chi connectivity index (χ4v) is 16.0. The van der Waals surface area contributed by atoms with Gasteiger partial charge in [0.05, 0.1) is 0 Å². The summed E-state index contributed by atoms with van der Waals surface area (Å²) in [4.78, 5) is 0. The summed E-state index contributed by atoms with van der Waals surface area (Å²) in [6.07, 6.45) is 9.52. The van der Waals surface area contributed by atoms with E-state index in [0.29, 0.717) is 13.4 Å². The Balaban J connectivity index is 0.000000170. The zero-order valence-electron chi connectivity index (χ0n) is 61.2. The molecule has 0 aliphatic carbocycles. The Bertz CT molecular complexity index is 3730. The Kier molecular flexibility index (Phi) is 26.5. The van der Waals surface area contributed by atoms with E-state index in [0.717, 1.165) is 57.8 Å². The maximum atomic E-state index is 8.42. The number of rotatable bonds is 21. The van der Waals surface area contributed by atoms with E-state index in [1.165, 1.54) is 135 Å². The topological polar surface area (TPSA) is 69.2 Å². The van der Waals surface area contributed by atoms with Crippen LogP contribution in [0.1, 0.15) is 129 Å². The number of hydrogen-bond acceptors (Lipinski definition) is 3. The van der Waals surface area contributed by atoms with Gasteiger partial charge in [0, 0.05) is 144 Å². The summed E-state index contributed by atoms with van der Waals surface area (Å²) in [5.41, 5.74) is 33.0. The van der Waals surface area contributed by atoms with Gasteiger partial charge in [-0.1, -0.05) is 226 Å². The molecule has 0 radical (unpaired) electrons. The van der Waals surface area contributed by atoms with Gasteiger partial charge in [0.2, 0.25) is 0 Å². The van der Waals surface area contributed by atoms with Crippen molar-refractivity contribution in [2.45, 2.75) is 141 Å². The van der Waals surface area contributed by atoms with E-state index in [4.69, 9.17) is 15.1 Å². The van der Waals surface area contributed by atoms with Gasteiger partial charge in [-0.15, -0.1) is 0 Å². The molecule has 0 spiro atoms. The molecule has 0 fully saturated rings. The van der Waals surface area contributed by atoms with E-state index in [1.807, 2.05) is 0 Å². The van der Waals surface area contributed by atoms with Crippen LogP contribution in [0.2, 0.25) is 0 Å². The normalized spacial score (nSPS) is 11.3. The van der Waals surface area contributed by atoms with E-state index < -0.39 is 7.32 Å². The molecule has 0 aliphatic rings. The van der Waals surface area contributed by atoms with E-state index >= 15 is 0 Å². The smallest absolute Gasteiger partial charge is 0.151 e. The highest BCUT2D eigenvalue weighted by atomic mass is 16.5. The van der Waals surface area contributed by atoms with Gasteiger partial charge in [0.25, 0.3) is 0 Å². The predicted octanol–water partition coefficient (Wildman–Crippen LogP) is 23.0. The average molecular weight is 1320 g/mol. The lowest BCUT2D eigenvalue weighted by molar-refractivity contribution is -0.479.